The van der Waals surface area contributed by atoms with Gasteiger partial charge in [-0.1, -0.05) is 37.1 Å². The molecule has 1 aliphatic carbocycles. The Labute approximate surface area is 92.0 Å². The van der Waals surface area contributed by atoms with Crippen LogP contribution in [0.4, 0.5) is 5.69 Å². The summed E-state index contributed by atoms with van der Waals surface area (Å²) in [6.45, 7) is 0. The van der Waals surface area contributed by atoms with E-state index >= 15 is 0 Å². The second kappa shape index (κ2) is 5.01. The average molecular weight is 201 g/mol. The summed E-state index contributed by atoms with van der Waals surface area (Å²) in [4.78, 5) is 0. The van der Waals surface area contributed by atoms with Gasteiger partial charge in [-0.25, -0.2) is 0 Å². The van der Waals surface area contributed by atoms with Gasteiger partial charge in [0.1, 0.15) is 0 Å². The van der Waals surface area contributed by atoms with Crippen LogP contribution in [0.25, 0.3) is 5.57 Å². The summed E-state index contributed by atoms with van der Waals surface area (Å²) in [5, 5.41) is 0. The van der Waals surface area contributed by atoms with E-state index in [4.69, 9.17) is 5.73 Å². The Bertz CT molecular complexity index is 352. The molecule has 0 atom stereocenters. The molecule has 80 valence electrons. The van der Waals surface area contributed by atoms with E-state index < -0.39 is 0 Å². The van der Waals surface area contributed by atoms with Crippen LogP contribution < -0.4 is 5.73 Å². The summed E-state index contributed by atoms with van der Waals surface area (Å²) in [5.74, 6) is 0. The van der Waals surface area contributed by atoms with Crippen LogP contribution in [0.1, 0.15) is 44.1 Å². The summed E-state index contributed by atoms with van der Waals surface area (Å²) in [7, 11) is 0. The van der Waals surface area contributed by atoms with E-state index in [9.17, 15) is 0 Å². The van der Waals surface area contributed by atoms with Crippen molar-refractivity contribution in [2.24, 2.45) is 0 Å². The molecule has 0 saturated carbocycles. The van der Waals surface area contributed by atoms with Crippen molar-refractivity contribution in [3.05, 3.63) is 35.9 Å². The van der Waals surface area contributed by atoms with Crippen LogP contribution >= 0.6 is 0 Å². The lowest BCUT2D eigenvalue weighted by molar-refractivity contribution is 0.643. The predicted octanol–water partition coefficient (Wildman–Crippen LogP) is 4.01. The number of nitrogen functional groups attached to an aromatic ring is 1. The first-order chi connectivity index (χ1) is 7.38. The van der Waals surface area contributed by atoms with Crippen molar-refractivity contribution in [3.8, 4) is 0 Å². The molecule has 0 unspecified atom stereocenters. The summed E-state index contributed by atoms with van der Waals surface area (Å²) in [5.41, 5.74) is 9.62. The van der Waals surface area contributed by atoms with Crippen LogP contribution in [0.3, 0.4) is 0 Å². The molecule has 2 rings (SSSR count). The van der Waals surface area contributed by atoms with Crippen LogP contribution in [-0.2, 0) is 0 Å². The summed E-state index contributed by atoms with van der Waals surface area (Å²) >= 11 is 0. The van der Waals surface area contributed by atoms with Gasteiger partial charge in [-0.2, -0.15) is 0 Å². The minimum atomic E-state index is 0.921. The van der Waals surface area contributed by atoms with Crippen molar-refractivity contribution >= 4 is 11.3 Å². The van der Waals surface area contributed by atoms with Gasteiger partial charge in [-0.3, -0.25) is 0 Å². The topological polar surface area (TPSA) is 26.0 Å². The lowest BCUT2D eigenvalue weighted by Crippen LogP contribution is -1.95. The summed E-state index contributed by atoms with van der Waals surface area (Å²) in [6.07, 6.45) is 10.2. The van der Waals surface area contributed by atoms with Gasteiger partial charge in [-0.05, 0) is 37.3 Å². The molecule has 0 amide bonds. The highest BCUT2D eigenvalue weighted by Crippen LogP contribution is 2.28. The second-order valence-corrected chi connectivity index (χ2v) is 4.27. The zero-order chi connectivity index (χ0) is 10.5. The van der Waals surface area contributed by atoms with Crippen molar-refractivity contribution in [2.75, 3.05) is 5.73 Å². The molecule has 1 aliphatic rings. The Morgan fingerprint density at radius 3 is 2.60 bits per heavy atom. The SMILES string of the molecule is Nc1ccccc1C1=CCCCCCC1. The Morgan fingerprint density at radius 2 is 1.73 bits per heavy atom. The molecule has 2 N–H and O–H groups in total. The Balaban J connectivity index is 2.24. The third-order valence-electron chi connectivity index (χ3n) is 3.10. The number of hydrogen-bond acceptors (Lipinski definition) is 1. The average Bonchev–Trinajstić information content (AvgIpc) is 2.19. The van der Waals surface area contributed by atoms with Crippen LogP contribution in [0.5, 0.6) is 0 Å². The minimum absolute atomic E-state index is 0.921. The molecule has 0 aliphatic heterocycles. The van der Waals surface area contributed by atoms with Crippen molar-refractivity contribution in [3.63, 3.8) is 0 Å². The van der Waals surface area contributed by atoms with Gasteiger partial charge in [0.25, 0.3) is 0 Å². The van der Waals surface area contributed by atoms with E-state index in [1.165, 1.54) is 49.7 Å². The maximum absolute atomic E-state index is 6.00. The van der Waals surface area contributed by atoms with Crippen LogP contribution in [0.2, 0.25) is 0 Å². The zero-order valence-corrected chi connectivity index (χ0v) is 9.21. The van der Waals surface area contributed by atoms with Gasteiger partial charge in [0.2, 0.25) is 0 Å². The molecule has 1 aromatic carbocycles. The van der Waals surface area contributed by atoms with Crippen LogP contribution in [0.15, 0.2) is 30.3 Å². The predicted molar refractivity (Wildman–Crippen MR) is 66.5 cm³/mol. The van der Waals surface area contributed by atoms with Gasteiger partial charge in [0, 0.05) is 11.3 Å². The first kappa shape index (κ1) is 10.3. The molecule has 0 spiro atoms. The second-order valence-electron chi connectivity index (χ2n) is 4.27. The standard InChI is InChI=1S/C14H19N/c15-14-11-7-6-10-13(14)12-8-4-2-1-3-5-9-12/h6-8,10-11H,1-5,9,15H2. The zero-order valence-electron chi connectivity index (χ0n) is 9.21. The van der Waals surface area contributed by atoms with E-state index in [0.29, 0.717) is 0 Å². The number of nitrogens with two attached hydrogens (primary N) is 1. The minimum Gasteiger partial charge on any atom is -0.398 e. The van der Waals surface area contributed by atoms with Crippen LogP contribution in [-0.4, -0.2) is 0 Å². The maximum atomic E-state index is 6.00. The lowest BCUT2D eigenvalue weighted by Gasteiger charge is -2.13. The van der Waals surface area contributed by atoms with E-state index in [0.717, 1.165) is 5.69 Å². The number of rotatable bonds is 1. The Morgan fingerprint density at radius 1 is 0.933 bits per heavy atom. The van der Waals surface area contributed by atoms with Gasteiger partial charge in [0.05, 0.1) is 0 Å². The van der Waals surface area contributed by atoms with E-state index in [1.54, 1.807) is 0 Å². The van der Waals surface area contributed by atoms with Gasteiger partial charge < -0.3 is 5.73 Å². The maximum Gasteiger partial charge on any atom is 0.0390 e. The molecule has 0 heterocycles. The Hall–Kier alpha value is -1.24. The number of allylic oxidation sites excluding steroid dienone is 2. The fourth-order valence-corrected chi connectivity index (χ4v) is 2.23. The van der Waals surface area contributed by atoms with Gasteiger partial charge in [-0.15, -0.1) is 0 Å². The van der Waals surface area contributed by atoms with E-state index in [1.807, 2.05) is 12.1 Å². The Kier molecular flexibility index (Phi) is 3.44. The van der Waals surface area contributed by atoms with Crippen LogP contribution in [0, 0.1) is 0 Å². The largest absolute Gasteiger partial charge is 0.398 e. The van der Waals surface area contributed by atoms with Crippen molar-refractivity contribution in [2.45, 2.75) is 38.5 Å². The lowest BCUT2D eigenvalue weighted by atomic mass is 9.94. The molecular formula is C14H19N. The normalized spacial score (nSPS) is 17.7. The molecule has 0 fully saturated rings. The summed E-state index contributed by atoms with van der Waals surface area (Å²) in [6, 6.07) is 8.21. The molecule has 15 heavy (non-hydrogen) atoms. The third-order valence-corrected chi connectivity index (χ3v) is 3.10. The number of benzene rings is 1. The fraction of sp³-hybridized carbons (Fsp3) is 0.429. The third kappa shape index (κ3) is 2.62. The number of hydrogen-bond donors (Lipinski definition) is 1. The molecular weight excluding hydrogens is 182 g/mol. The molecule has 0 bridgehead atoms. The fourth-order valence-electron chi connectivity index (χ4n) is 2.23. The highest BCUT2D eigenvalue weighted by molar-refractivity contribution is 5.74. The van der Waals surface area contributed by atoms with Gasteiger partial charge >= 0.3 is 0 Å². The molecule has 1 heteroatoms. The monoisotopic (exact) mass is 201 g/mol. The van der Waals surface area contributed by atoms with Crippen molar-refractivity contribution < 1.29 is 0 Å². The molecule has 0 aromatic heterocycles. The summed E-state index contributed by atoms with van der Waals surface area (Å²) < 4.78 is 0. The van der Waals surface area contributed by atoms with Gasteiger partial charge in [0.15, 0.2) is 0 Å². The smallest absolute Gasteiger partial charge is 0.0390 e. The number of anilines is 1. The first-order valence-electron chi connectivity index (χ1n) is 5.92. The molecule has 1 nitrogen and oxygen atoms in total. The number of para-hydroxylation sites is 1. The molecule has 0 saturated heterocycles. The van der Waals surface area contributed by atoms with E-state index in [2.05, 4.69) is 18.2 Å². The highest BCUT2D eigenvalue weighted by atomic mass is 14.6. The first-order valence-corrected chi connectivity index (χ1v) is 5.92. The molecule has 0 radical (unpaired) electrons. The molecule has 1 aromatic rings. The van der Waals surface area contributed by atoms with E-state index in [-0.39, 0.29) is 0 Å². The van der Waals surface area contributed by atoms with Crippen molar-refractivity contribution in [1.29, 1.82) is 0 Å². The van der Waals surface area contributed by atoms with Crippen molar-refractivity contribution in [1.82, 2.24) is 0 Å². The highest BCUT2D eigenvalue weighted by Gasteiger charge is 2.06. The quantitative estimate of drug-likeness (QED) is 0.683.